The predicted molar refractivity (Wildman–Crippen MR) is 131 cm³/mol. The van der Waals surface area contributed by atoms with Gasteiger partial charge >= 0.3 is 11.9 Å². The quantitative estimate of drug-likeness (QED) is 0.469. The van der Waals surface area contributed by atoms with Crippen molar-refractivity contribution in [1.82, 2.24) is 15.2 Å². The lowest BCUT2D eigenvalue weighted by Crippen LogP contribution is -2.43. The van der Waals surface area contributed by atoms with Crippen molar-refractivity contribution < 1.29 is 28.6 Å². The third-order valence-electron chi connectivity index (χ3n) is 5.45. The molecule has 1 saturated heterocycles. The zero-order valence-electron chi connectivity index (χ0n) is 18.9. The number of carbonyl (C=O) groups is 2. The van der Waals surface area contributed by atoms with Gasteiger partial charge in [-0.1, -0.05) is 22.0 Å². The number of amidine groups is 1. The Morgan fingerprint density at radius 1 is 1.37 bits per heavy atom. The lowest BCUT2D eigenvalue weighted by atomic mass is 9.95. The molecule has 12 heteroatoms. The Kier molecular flexibility index (Phi) is 8.26. The second-order valence-electron chi connectivity index (χ2n) is 7.89. The second kappa shape index (κ2) is 11.4. The van der Waals surface area contributed by atoms with E-state index in [9.17, 15) is 14.0 Å². The van der Waals surface area contributed by atoms with E-state index in [4.69, 9.17) is 19.6 Å². The van der Waals surface area contributed by atoms with Gasteiger partial charge in [0.15, 0.2) is 10.8 Å². The number of rotatable bonds is 8. The molecule has 2 aliphatic rings. The summed E-state index contributed by atoms with van der Waals surface area (Å²) in [6.45, 7) is 4.89. The van der Waals surface area contributed by atoms with E-state index < -0.39 is 23.8 Å². The standard InChI is InChI=1S/C23H24BrFN4O5S/c1-2-34-23(32)19-17(11-29-5-7-33-8-6-29)27-21(22-26-14(12-35-22)10-18(30)31)28-20(19)15-4-3-13(25)9-16(15)24/h3-4,9,12,20H,2,5-8,10-11H2,1H3,(H,27,28)(H,30,31). The highest BCUT2D eigenvalue weighted by Crippen LogP contribution is 2.37. The fourth-order valence-corrected chi connectivity index (χ4v) is 5.20. The lowest BCUT2D eigenvalue weighted by molar-refractivity contribution is -0.139. The van der Waals surface area contributed by atoms with E-state index in [0.29, 0.717) is 70.7 Å². The van der Waals surface area contributed by atoms with Gasteiger partial charge in [0, 0.05) is 35.2 Å². The van der Waals surface area contributed by atoms with Crippen molar-refractivity contribution in [2.45, 2.75) is 19.4 Å². The Bertz CT molecular complexity index is 1180. The van der Waals surface area contributed by atoms with E-state index in [2.05, 4.69) is 31.1 Å². The summed E-state index contributed by atoms with van der Waals surface area (Å²) in [6.07, 6.45) is -0.207. The first-order valence-electron chi connectivity index (χ1n) is 11.0. The number of esters is 1. The highest BCUT2D eigenvalue weighted by Gasteiger charge is 2.35. The number of halogens is 2. The normalized spacial score (nSPS) is 18.7. The molecule has 4 rings (SSSR count). The molecule has 1 fully saturated rings. The highest BCUT2D eigenvalue weighted by atomic mass is 79.9. The molecule has 0 bridgehead atoms. The molecule has 1 atom stereocenters. The summed E-state index contributed by atoms with van der Waals surface area (Å²) < 4.78 is 25.2. The van der Waals surface area contributed by atoms with Crippen molar-refractivity contribution in [1.29, 1.82) is 0 Å². The number of nitrogens with zero attached hydrogens (tertiary/aromatic N) is 3. The smallest absolute Gasteiger partial charge is 0.338 e. The van der Waals surface area contributed by atoms with Crippen LogP contribution >= 0.6 is 27.3 Å². The fourth-order valence-electron chi connectivity index (χ4n) is 3.86. The number of carbonyl (C=O) groups excluding carboxylic acids is 1. The van der Waals surface area contributed by atoms with Crippen LogP contribution in [-0.2, 0) is 25.5 Å². The van der Waals surface area contributed by atoms with Gasteiger partial charge in [-0.2, -0.15) is 0 Å². The van der Waals surface area contributed by atoms with Crippen LogP contribution in [-0.4, -0.2) is 72.2 Å². The predicted octanol–water partition coefficient (Wildman–Crippen LogP) is 2.91. The molecule has 186 valence electrons. The van der Waals surface area contributed by atoms with E-state index in [-0.39, 0.29) is 13.0 Å². The fraction of sp³-hybridized carbons (Fsp3) is 0.391. The third kappa shape index (κ3) is 6.13. The number of hydrogen-bond acceptors (Lipinski definition) is 9. The first-order valence-corrected chi connectivity index (χ1v) is 12.7. The summed E-state index contributed by atoms with van der Waals surface area (Å²) in [6, 6.07) is 3.43. The molecule has 3 heterocycles. The molecule has 0 saturated carbocycles. The van der Waals surface area contributed by atoms with Crippen LogP contribution in [0.5, 0.6) is 0 Å². The molecule has 1 aromatic carbocycles. The minimum atomic E-state index is -0.981. The Balaban J connectivity index is 1.80. The lowest BCUT2D eigenvalue weighted by Gasteiger charge is -2.32. The van der Waals surface area contributed by atoms with Crippen LogP contribution in [0.15, 0.2) is 44.3 Å². The van der Waals surface area contributed by atoms with E-state index in [1.807, 2.05) is 0 Å². The molecule has 0 spiro atoms. The molecular formula is C23H24BrFN4O5S. The summed E-state index contributed by atoms with van der Waals surface area (Å²) in [5, 5.41) is 14.5. The minimum Gasteiger partial charge on any atom is -0.481 e. The zero-order chi connectivity index (χ0) is 24.9. The molecule has 0 aliphatic carbocycles. The Morgan fingerprint density at radius 3 is 2.83 bits per heavy atom. The average Bonchev–Trinajstić information content (AvgIpc) is 3.27. The number of ether oxygens (including phenoxy) is 2. The van der Waals surface area contributed by atoms with Crippen molar-refractivity contribution in [3.63, 3.8) is 0 Å². The molecular weight excluding hydrogens is 543 g/mol. The first kappa shape index (κ1) is 25.4. The maximum Gasteiger partial charge on any atom is 0.338 e. The van der Waals surface area contributed by atoms with Gasteiger partial charge in [0.05, 0.1) is 37.5 Å². The van der Waals surface area contributed by atoms with Crippen molar-refractivity contribution >= 4 is 45.0 Å². The van der Waals surface area contributed by atoms with Gasteiger partial charge in [0.2, 0.25) is 0 Å². The molecule has 9 nitrogen and oxygen atoms in total. The summed E-state index contributed by atoms with van der Waals surface area (Å²) in [4.78, 5) is 35.7. The molecule has 2 aliphatic heterocycles. The Morgan fingerprint density at radius 2 is 2.14 bits per heavy atom. The molecule has 2 N–H and O–H groups in total. The number of aliphatic carboxylic acids is 1. The number of morpholine rings is 1. The molecule has 2 aromatic rings. The van der Waals surface area contributed by atoms with Crippen molar-refractivity contribution in [3.8, 4) is 0 Å². The van der Waals surface area contributed by atoms with Gasteiger partial charge < -0.3 is 19.9 Å². The van der Waals surface area contributed by atoms with Crippen LogP contribution in [0.2, 0.25) is 0 Å². The van der Waals surface area contributed by atoms with E-state index >= 15 is 0 Å². The Labute approximate surface area is 213 Å². The SMILES string of the molecule is CCOC(=O)C1=C(CN2CCOCC2)NC(c2nc(CC(=O)O)cs2)=NC1c1ccc(F)cc1Br. The zero-order valence-corrected chi connectivity index (χ0v) is 21.3. The average molecular weight is 567 g/mol. The summed E-state index contributed by atoms with van der Waals surface area (Å²) in [7, 11) is 0. The van der Waals surface area contributed by atoms with Crippen molar-refractivity contribution in [2.75, 3.05) is 39.5 Å². The number of hydrogen-bond donors (Lipinski definition) is 2. The van der Waals surface area contributed by atoms with Gasteiger partial charge in [0.1, 0.15) is 11.9 Å². The third-order valence-corrected chi connectivity index (χ3v) is 7.04. The minimum absolute atomic E-state index is 0.187. The topological polar surface area (TPSA) is 113 Å². The molecule has 1 unspecified atom stereocenters. The first-order chi connectivity index (χ1) is 16.9. The van der Waals surface area contributed by atoms with Gasteiger partial charge in [-0.05, 0) is 24.6 Å². The van der Waals surface area contributed by atoms with Crippen LogP contribution in [0, 0.1) is 5.82 Å². The molecule has 1 aromatic heterocycles. The number of carboxylic acid groups (broad SMARTS) is 1. The number of benzene rings is 1. The molecule has 35 heavy (non-hydrogen) atoms. The largest absolute Gasteiger partial charge is 0.481 e. The van der Waals surface area contributed by atoms with Gasteiger partial charge in [-0.3, -0.25) is 14.7 Å². The van der Waals surface area contributed by atoms with Crippen molar-refractivity contribution in [2.24, 2.45) is 4.99 Å². The van der Waals surface area contributed by atoms with Gasteiger partial charge in [-0.25, -0.2) is 14.2 Å². The molecule has 0 amide bonds. The number of thiazole rings is 1. The van der Waals surface area contributed by atoms with E-state index in [0.717, 1.165) is 0 Å². The van der Waals surface area contributed by atoms with Crippen LogP contribution in [0.25, 0.3) is 0 Å². The van der Waals surface area contributed by atoms with Crippen LogP contribution in [0.3, 0.4) is 0 Å². The van der Waals surface area contributed by atoms with Gasteiger partial charge in [0.25, 0.3) is 0 Å². The summed E-state index contributed by atoms with van der Waals surface area (Å²) >= 11 is 4.67. The van der Waals surface area contributed by atoms with Crippen molar-refractivity contribution in [3.05, 3.63) is 61.4 Å². The number of aliphatic imine (C=N–C) groups is 1. The molecule has 0 radical (unpaired) electrons. The highest BCUT2D eigenvalue weighted by molar-refractivity contribution is 9.10. The van der Waals surface area contributed by atoms with Crippen LogP contribution in [0.1, 0.15) is 29.2 Å². The van der Waals surface area contributed by atoms with E-state index in [1.165, 1.54) is 23.5 Å². The summed E-state index contributed by atoms with van der Waals surface area (Å²) in [5.41, 5.74) is 1.94. The maximum atomic E-state index is 13.9. The Hall–Kier alpha value is -2.67. The number of carboxylic acids is 1. The number of nitrogens with one attached hydrogen (secondary N) is 1. The van der Waals surface area contributed by atoms with Gasteiger partial charge in [-0.15, -0.1) is 11.3 Å². The van der Waals surface area contributed by atoms with Crippen LogP contribution in [0.4, 0.5) is 4.39 Å². The monoisotopic (exact) mass is 566 g/mol. The summed E-state index contributed by atoms with van der Waals surface area (Å²) in [5.74, 6) is -1.51. The van der Waals surface area contributed by atoms with E-state index in [1.54, 1.807) is 18.4 Å². The van der Waals surface area contributed by atoms with Crippen LogP contribution < -0.4 is 5.32 Å². The second-order valence-corrected chi connectivity index (χ2v) is 9.60. The maximum absolute atomic E-state index is 13.9. The number of aromatic nitrogens is 1.